The van der Waals surface area contributed by atoms with E-state index in [4.69, 9.17) is 4.74 Å². The Labute approximate surface area is 108 Å². The summed E-state index contributed by atoms with van der Waals surface area (Å²) in [6.07, 6.45) is 3.17. The summed E-state index contributed by atoms with van der Waals surface area (Å²) in [5.41, 5.74) is 2.48. The number of nitrogens with zero attached hydrogens (tertiary/aromatic N) is 2. The van der Waals surface area contributed by atoms with Crippen molar-refractivity contribution in [2.75, 3.05) is 12.4 Å². The van der Waals surface area contributed by atoms with Crippen LogP contribution in [-0.4, -0.2) is 23.2 Å². The molecule has 1 amide bonds. The van der Waals surface area contributed by atoms with E-state index in [-0.39, 0.29) is 5.91 Å². The van der Waals surface area contributed by atoms with Crippen molar-refractivity contribution in [1.29, 1.82) is 0 Å². The SMILES string of the molecule is COc1ccc(/C=C/C(=O)Nc2nncs2)cc1. The molecule has 1 aromatic carbocycles. The molecular weight excluding hydrogens is 250 g/mol. The highest BCUT2D eigenvalue weighted by molar-refractivity contribution is 7.13. The minimum Gasteiger partial charge on any atom is -0.497 e. The Morgan fingerprint density at radius 1 is 1.39 bits per heavy atom. The number of hydrogen-bond acceptors (Lipinski definition) is 5. The standard InChI is InChI=1S/C12H11N3O2S/c1-17-10-5-2-9(3-6-10)4-7-11(16)14-12-15-13-8-18-12/h2-8H,1H3,(H,14,15,16)/b7-4+. The van der Waals surface area contributed by atoms with Gasteiger partial charge in [-0.05, 0) is 23.8 Å². The van der Waals surface area contributed by atoms with Crippen LogP contribution in [0, 0.1) is 0 Å². The van der Waals surface area contributed by atoms with Crippen molar-refractivity contribution in [2.45, 2.75) is 0 Å². The van der Waals surface area contributed by atoms with Crippen LogP contribution in [0.25, 0.3) is 6.08 Å². The molecule has 0 atom stereocenters. The third-order valence-electron chi connectivity index (χ3n) is 2.13. The van der Waals surface area contributed by atoms with Gasteiger partial charge in [0.05, 0.1) is 7.11 Å². The van der Waals surface area contributed by atoms with Crippen LogP contribution in [0.3, 0.4) is 0 Å². The second-order valence-electron chi connectivity index (χ2n) is 3.34. The van der Waals surface area contributed by atoms with Gasteiger partial charge in [0.1, 0.15) is 11.3 Å². The minimum atomic E-state index is -0.234. The van der Waals surface area contributed by atoms with Crippen LogP contribution in [0.1, 0.15) is 5.56 Å². The van der Waals surface area contributed by atoms with Gasteiger partial charge < -0.3 is 4.74 Å². The molecule has 0 saturated heterocycles. The van der Waals surface area contributed by atoms with Gasteiger partial charge in [-0.15, -0.1) is 10.2 Å². The Bertz CT molecular complexity index is 535. The maximum Gasteiger partial charge on any atom is 0.250 e. The first kappa shape index (κ1) is 12.3. The zero-order valence-corrected chi connectivity index (χ0v) is 10.5. The van der Waals surface area contributed by atoms with Crippen molar-refractivity contribution in [3.05, 3.63) is 41.4 Å². The van der Waals surface area contributed by atoms with Crippen molar-refractivity contribution in [1.82, 2.24) is 10.2 Å². The van der Waals surface area contributed by atoms with Crippen LogP contribution in [0.4, 0.5) is 5.13 Å². The quantitative estimate of drug-likeness (QED) is 0.857. The molecule has 2 rings (SSSR count). The number of rotatable bonds is 4. The van der Waals surface area contributed by atoms with E-state index in [9.17, 15) is 4.79 Å². The van der Waals surface area contributed by atoms with Crippen molar-refractivity contribution in [3.63, 3.8) is 0 Å². The molecule has 0 unspecified atom stereocenters. The van der Waals surface area contributed by atoms with E-state index in [1.54, 1.807) is 18.7 Å². The predicted molar refractivity (Wildman–Crippen MR) is 70.6 cm³/mol. The first-order valence-corrected chi connectivity index (χ1v) is 6.05. The predicted octanol–water partition coefficient (Wildman–Crippen LogP) is 2.20. The fraction of sp³-hybridized carbons (Fsp3) is 0.0833. The van der Waals surface area contributed by atoms with Crippen LogP contribution in [0.5, 0.6) is 5.75 Å². The van der Waals surface area contributed by atoms with E-state index in [0.29, 0.717) is 5.13 Å². The fourth-order valence-electron chi connectivity index (χ4n) is 1.26. The lowest BCUT2D eigenvalue weighted by Gasteiger charge is -1.99. The fourth-order valence-corrected chi connectivity index (χ4v) is 1.71. The number of hydrogen-bond donors (Lipinski definition) is 1. The van der Waals surface area contributed by atoms with E-state index >= 15 is 0 Å². The van der Waals surface area contributed by atoms with Crippen molar-refractivity contribution in [3.8, 4) is 5.75 Å². The first-order chi connectivity index (χ1) is 8.78. The van der Waals surface area contributed by atoms with Crippen LogP contribution in [0.15, 0.2) is 35.9 Å². The number of carbonyl (C=O) groups is 1. The molecule has 0 aliphatic rings. The molecule has 0 spiro atoms. The number of amides is 1. The molecule has 0 aliphatic carbocycles. The second-order valence-corrected chi connectivity index (χ2v) is 4.17. The average molecular weight is 261 g/mol. The summed E-state index contributed by atoms with van der Waals surface area (Å²) >= 11 is 1.27. The monoisotopic (exact) mass is 261 g/mol. The van der Waals surface area contributed by atoms with Gasteiger partial charge in [0.2, 0.25) is 11.0 Å². The molecule has 0 saturated carbocycles. The zero-order chi connectivity index (χ0) is 12.8. The summed E-state index contributed by atoms with van der Waals surface area (Å²) in [5.74, 6) is 0.549. The molecule has 1 heterocycles. The van der Waals surface area contributed by atoms with Gasteiger partial charge >= 0.3 is 0 Å². The third-order valence-corrected chi connectivity index (χ3v) is 2.74. The van der Waals surface area contributed by atoms with Gasteiger partial charge in [0.15, 0.2) is 0 Å². The number of anilines is 1. The summed E-state index contributed by atoms with van der Waals surface area (Å²) in [4.78, 5) is 11.5. The molecule has 1 N–H and O–H groups in total. The molecular formula is C12H11N3O2S. The molecule has 92 valence electrons. The minimum absolute atomic E-state index is 0.234. The Kier molecular flexibility index (Phi) is 4.03. The van der Waals surface area contributed by atoms with E-state index in [2.05, 4.69) is 15.5 Å². The van der Waals surface area contributed by atoms with Gasteiger partial charge in [0, 0.05) is 6.08 Å². The van der Waals surface area contributed by atoms with E-state index < -0.39 is 0 Å². The van der Waals surface area contributed by atoms with Gasteiger partial charge in [0.25, 0.3) is 0 Å². The van der Waals surface area contributed by atoms with Crippen molar-refractivity contribution < 1.29 is 9.53 Å². The van der Waals surface area contributed by atoms with Crippen LogP contribution in [0.2, 0.25) is 0 Å². The molecule has 0 fully saturated rings. The van der Waals surface area contributed by atoms with Crippen LogP contribution >= 0.6 is 11.3 Å². The molecule has 6 heteroatoms. The topological polar surface area (TPSA) is 64.1 Å². The highest BCUT2D eigenvalue weighted by Crippen LogP contribution is 2.12. The lowest BCUT2D eigenvalue weighted by Crippen LogP contribution is -2.07. The Hall–Kier alpha value is -2.21. The highest BCUT2D eigenvalue weighted by atomic mass is 32.1. The van der Waals surface area contributed by atoms with Crippen molar-refractivity contribution >= 4 is 28.5 Å². The second kappa shape index (κ2) is 5.92. The highest BCUT2D eigenvalue weighted by Gasteiger charge is 2.00. The summed E-state index contributed by atoms with van der Waals surface area (Å²) < 4.78 is 5.05. The van der Waals surface area contributed by atoms with Gasteiger partial charge in [-0.1, -0.05) is 23.5 Å². The summed E-state index contributed by atoms with van der Waals surface area (Å²) in [6.45, 7) is 0. The van der Waals surface area contributed by atoms with E-state index in [1.807, 2.05) is 24.3 Å². The number of aromatic nitrogens is 2. The zero-order valence-electron chi connectivity index (χ0n) is 9.66. The number of ether oxygens (including phenoxy) is 1. The third kappa shape index (κ3) is 3.39. The molecule has 0 radical (unpaired) electrons. The summed E-state index contributed by atoms with van der Waals surface area (Å²) in [7, 11) is 1.61. The number of nitrogens with one attached hydrogen (secondary N) is 1. The first-order valence-electron chi connectivity index (χ1n) is 5.17. The normalized spacial score (nSPS) is 10.5. The van der Waals surface area contributed by atoms with Gasteiger partial charge in [-0.25, -0.2) is 0 Å². The largest absolute Gasteiger partial charge is 0.497 e. The van der Waals surface area contributed by atoms with E-state index in [0.717, 1.165) is 11.3 Å². The smallest absolute Gasteiger partial charge is 0.250 e. The maximum atomic E-state index is 11.5. The number of carbonyl (C=O) groups excluding carboxylic acids is 1. The summed E-state index contributed by atoms with van der Waals surface area (Å²) in [5, 5.41) is 10.4. The molecule has 0 aliphatic heterocycles. The molecule has 2 aromatic rings. The van der Waals surface area contributed by atoms with E-state index in [1.165, 1.54) is 17.4 Å². The maximum absolute atomic E-state index is 11.5. The summed E-state index contributed by atoms with van der Waals surface area (Å²) in [6, 6.07) is 7.41. The van der Waals surface area contributed by atoms with Crippen LogP contribution < -0.4 is 10.1 Å². The Balaban J connectivity index is 1.95. The van der Waals surface area contributed by atoms with Crippen molar-refractivity contribution in [2.24, 2.45) is 0 Å². The molecule has 18 heavy (non-hydrogen) atoms. The van der Waals surface area contributed by atoms with Gasteiger partial charge in [-0.2, -0.15) is 0 Å². The molecule has 5 nitrogen and oxygen atoms in total. The van der Waals surface area contributed by atoms with Gasteiger partial charge in [-0.3, -0.25) is 10.1 Å². The lowest BCUT2D eigenvalue weighted by atomic mass is 10.2. The lowest BCUT2D eigenvalue weighted by molar-refractivity contribution is -0.111. The molecule has 0 bridgehead atoms. The average Bonchev–Trinajstić information content (AvgIpc) is 2.90. The number of methoxy groups -OCH3 is 1. The number of benzene rings is 1. The Morgan fingerprint density at radius 3 is 2.78 bits per heavy atom. The van der Waals surface area contributed by atoms with Crippen LogP contribution in [-0.2, 0) is 4.79 Å². The Morgan fingerprint density at radius 2 is 2.17 bits per heavy atom. The molecule has 1 aromatic heterocycles.